The smallest absolute Gasteiger partial charge is 0.324 e. The van der Waals surface area contributed by atoms with Crippen molar-refractivity contribution in [3.05, 3.63) is 47.8 Å². The Labute approximate surface area is 188 Å². The van der Waals surface area contributed by atoms with Crippen LogP contribution in [0.1, 0.15) is 43.0 Å². The number of aromatic hydroxyl groups is 1. The Morgan fingerprint density at radius 1 is 1.22 bits per heavy atom. The Morgan fingerprint density at radius 2 is 2.03 bits per heavy atom. The largest absolute Gasteiger partial charge is 0.508 e. The minimum atomic E-state index is 0.130. The number of rotatable bonds is 6. The number of hydrogen-bond acceptors (Lipinski definition) is 8. The normalized spacial score (nSPS) is 23.4. The SMILES string of the molecule is C=NN1CCCC(c2ccc(O)cc2)/C1=N/CNC1CCN(c2nc(C)no2)CCC1=C. The number of hydrazone groups is 1. The summed E-state index contributed by atoms with van der Waals surface area (Å²) in [7, 11) is 0. The molecular formula is C23H31N7O2. The molecule has 2 atom stereocenters. The molecule has 3 heterocycles. The van der Waals surface area contributed by atoms with E-state index in [1.54, 1.807) is 12.1 Å². The number of aromatic nitrogens is 2. The van der Waals surface area contributed by atoms with E-state index in [1.807, 2.05) is 24.1 Å². The zero-order chi connectivity index (χ0) is 22.5. The minimum Gasteiger partial charge on any atom is -0.508 e. The van der Waals surface area contributed by atoms with E-state index in [0.717, 1.165) is 62.3 Å². The van der Waals surface area contributed by atoms with Gasteiger partial charge in [-0.1, -0.05) is 29.4 Å². The van der Waals surface area contributed by atoms with Crippen LogP contribution in [0.4, 0.5) is 6.01 Å². The van der Waals surface area contributed by atoms with Crippen LogP contribution in [0.3, 0.4) is 0 Å². The first-order valence-corrected chi connectivity index (χ1v) is 11.1. The Balaban J connectivity index is 1.42. The van der Waals surface area contributed by atoms with Crippen molar-refractivity contribution in [1.82, 2.24) is 20.5 Å². The van der Waals surface area contributed by atoms with Crippen LogP contribution in [0.2, 0.25) is 0 Å². The molecule has 9 nitrogen and oxygen atoms in total. The van der Waals surface area contributed by atoms with Crippen molar-refractivity contribution in [3.8, 4) is 5.75 Å². The van der Waals surface area contributed by atoms with Crippen LogP contribution in [-0.2, 0) is 0 Å². The second-order valence-corrected chi connectivity index (χ2v) is 8.29. The maximum Gasteiger partial charge on any atom is 0.324 e. The highest BCUT2D eigenvalue weighted by Crippen LogP contribution is 2.30. The lowest BCUT2D eigenvalue weighted by Crippen LogP contribution is -2.38. The number of benzene rings is 1. The second kappa shape index (κ2) is 9.95. The molecule has 170 valence electrons. The van der Waals surface area contributed by atoms with Gasteiger partial charge < -0.3 is 14.5 Å². The average molecular weight is 438 g/mol. The predicted molar refractivity (Wildman–Crippen MR) is 125 cm³/mol. The van der Waals surface area contributed by atoms with E-state index < -0.39 is 0 Å². The summed E-state index contributed by atoms with van der Waals surface area (Å²) in [5, 5.41) is 23.2. The molecule has 2 unspecified atom stereocenters. The first kappa shape index (κ1) is 22.0. The zero-order valence-electron chi connectivity index (χ0n) is 18.6. The number of piperidine rings is 1. The van der Waals surface area contributed by atoms with Crippen molar-refractivity contribution in [2.75, 3.05) is 31.2 Å². The van der Waals surface area contributed by atoms with Crippen LogP contribution in [0, 0.1) is 6.92 Å². The number of nitrogens with zero attached hydrogens (tertiary/aromatic N) is 6. The molecule has 2 aromatic rings. The predicted octanol–water partition coefficient (Wildman–Crippen LogP) is 3.05. The van der Waals surface area contributed by atoms with Gasteiger partial charge in [-0.3, -0.25) is 15.3 Å². The van der Waals surface area contributed by atoms with Gasteiger partial charge in [0.05, 0.1) is 6.67 Å². The van der Waals surface area contributed by atoms with Crippen molar-refractivity contribution in [2.24, 2.45) is 10.1 Å². The molecule has 1 aromatic carbocycles. The second-order valence-electron chi connectivity index (χ2n) is 8.29. The molecule has 2 aliphatic rings. The zero-order valence-corrected chi connectivity index (χ0v) is 18.6. The highest BCUT2D eigenvalue weighted by atomic mass is 16.5. The standard InChI is InChI=1S/C23H31N7O2/c1-16-10-13-29(23-27-17(2)28-32-23)14-11-21(16)25-15-26-22-20(5-4-12-30(22)24-3)18-6-8-19(31)9-7-18/h6-9,20-21,25,31H,1,3-5,10-15H2,2H3/b26-22-. The van der Waals surface area contributed by atoms with Gasteiger partial charge in [0.2, 0.25) is 0 Å². The van der Waals surface area contributed by atoms with Crippen LogP contribution in [-0.4, -0.2) is 65.2 Å². The fourth-order valence-corrected chi connectivity index (χ4v) is 4.37. The lowest BCUT2D eigenvalue weighted by atomic mass is 9.90. The lowest BCUT2D eigenvalue weighted by Gasteiger charge is -2.32. The third-order valence-electron chi connectivity index (χ3n) is 6.15. The maximum absolute atomic E-state index is 9.64. The molecule has 0 saturated carbocycles. The van der Waals surface area contributed by atoms with E-state index in [4.69, 9.17) is 9.52 Å². The van der Waals surface area contributed by atoms with Gasteiger partial charge in [-0.15, -0.1) is 0 Å². The van der Waals surface area contributed by atoms with E-state index in [9.17, 15) is 5.11 Å². The molecule has 0 amide bonds. The molecule has 4 rings (SSSR count). The lowest BCUT2D eigenvalue weighted by molar-refractivity contribution is 0.371. The third-order valence-corrected chi connectivity index (χ3v) is 6.15. The summed E-state index contributed by atoms with van der Waals surface area (Å²) in [4.78, 5) is 11.4. The molecule has 9 heteroatoms. The van der Waals surface area contributed by atoms with Gasteiger partial charge in [0.1, 0.15) is 11.6 Å². The maximum atomic E-state index is 9.64. The van der Waals surface area contributed by atoms with Crippen LogP contribution in [0.5, 0.6) is 5.75 Å². The molecule has 0 spiro atoms. The Hall–Kier alpha value is -3.20. The summed E-state index contributed by atoms with van der Waals surface area (Å²) in [6.07, 6.45) is 3.74. The fourth-order valence-electron chi connectivity index (χ4n) is 4.37. The quantitative estimate of drug-likeness (QED) is 0.529. The molecule has 2 fully saturated rings. The van der Waals surface area contributed by atoms with E-state index >= 15 is 0 Å². The Morgan fingerprint density at radius 3 is 2.75 bits per heavy atom. The molecule has 2 N–H and O–H groups in total. The van der Waals surface area contributed by atoms with E-state index in [1.165, 1.54) is 0 Å². The summed E-state index contributed by atoms with van der Waals surface area (Å²) >= 11 is 0. The summed E-state index contributed by atoms with van der Waals surface area (Å²) in [6.45, 7) is 12.8. The van der Waals surface area contributed by atoms with Crippen LogP contribution < -0.4 is 10.2 Å². The third kappa shape index (κ3) is 4.99. The number of phenols is 1. The first-order valence-electron chi connectivity index (χ1n) is 11.1. The van der Waals surface area contributed by atoms with Gasteiger partial charge in [0.15, 0.2) is 5.82 Å². The molecule has 2 aliphatic heterocycles. The number of aliphatic imine (C=N–C) groups is 1. The number of nitrogens with one attached hydrogen (secondary N) is 1. The van der Waals surface area contributed by atoms with Gasteiger partial charge in [0, 0.05) is 38.3 Å². The van der Waals surface area contributed by atoms with Crippen molar-refractivity contribution in [3.63, 3.8) is 0 Å². The van der Waals surface area contributed by atoms with E-state index in [-0.39, 0.29) is 17.7 Å². The number of anilines is 1. The van der Waals surface area contributed by atoms with Crippen LogP contribution >= 0.6 is 0 Å². The minimum absolute atomic E-state index is 0.130. The van der Waals surface area contributed by atoms with E-state index in [0.29, 0.717) is 18.5 Å². The van der Waals surface area contributed by atoms with Gasteiger partial charge in [-0.05, 0) is 50.3 Å². The highest BCUT2D eigenvalue weighted by Gasteiger charge is 2.28. The van der Waals surface area contributed by atoms with Crippen molar-refractivity contribution in [2.45, 2.75) is 44.6 Å². The Bertz CT molecular complexity index is 969. The van der Waals surface area contributed by atoms with Gasteiger partial charge >= 0.3 is 6.01 Å². The van der Waals surface area contributed by atoms with Crippen molar-refractivity contribution >= 4 is 18.6 Å². The van der Waals surface area contributed by atoms with E-state index in [2.05, 4.69) is 38.8 Å². The number of amidine groups is 1. The fraction of sp³-hybridized carbons (Fsp3) is 0.478. The molecule has 0 radical (unpaired) electrons. The van der Waals surface area contributed by atoms with Crippen LogP contribution in [0.15, 0.2) is 51.0 Å². The van der Waals surface area contributed by atoms with Gasteiger partial charge in [0.25, 0.3) is 0 Å². The summed E-state index contributed by atoms with van der Waals surface area (Å²) < 4.78 is 5.33. The van der Waals surface area contributed by atoms with Crippen molar-refractivity contribution in [1.29, 1.82) is 0 Å². The number of aryl methyl sites for hydroxylation is 1. The highest BCUT2D eigenvalue weighted by molar-refractivity contribution is 5.89. The topological polar surface area (TPSA) is 102 Å². The van der Waals surface area contributed by atoms with Crippen molar-refractivity contribution < 1.29 is 9.63 Å². The van der Waals surface area contributed by atoms with Gasteiger partial charge in [-0.25, -0.2) is 0 Å². The first-order chi connectivity index (χ1) is 15.5. The monoisotopic (exact) mass is 437 g/mol. The molecule has 0 bridgehead atoms. The summed E-state index contributed by atoms with van der Waals surface area (Å²) in [5.74, 6) is 1.95. The molecular weight excluding hydrogens is 406 g/mol. The summed E-state index contributed by atoms with van der Waals surface area (Å²) in [5.41, 5.74) is 2.28. The summed E-state index contributed by atoms with van der Waals surface area (Å²) in [6, 6.07) is 8.08. The van der Waals surface area contributed by atoms with Crippen LogP contribution in [0.25, 0.3) is 0 Å². The Kier molecular flexibility index (Phi) is 6.84. The number of phenolic OH excluding ortho intramolecular Hbond substituents is 1. The molecule has 32 heavy (non-hydrogen) atoms. The molecule has 1 aromatic heterocycles. The molecule has 0 aliphatic carbocycles. The molecule has 2 saturated heterocycles. The number of hydrogen-bond donors (Lipinski definition) is 2. The van der Waals surface area contributed by atoms with Gasteiger partial charge in [-0.2, -0.15) is 10.1 Å². The average Bonchev–Trinajstić information content (AvgIpc) is 3.15.